The van der Waals surface area contributed by atoms with Crippen LogP contribution in [0.1, 0.15) is 21.5 Å². The topological polar surface area (TPSA) is 37.3 Å². The van der Waals surface area contributed by atoms with Crippen molar-refractivity contribution in [2.24, 2.45) is 0 Å². The molecule has 1 aromatic rings. The molecule has 12 heavy (non-hydrogen) atoms. The summed E-state index contributed by atoms with van der Waals surface area (Å²) in [5.41, 5.74) is 1.76. The van der Waals surface area contributed by atoms with Crippen LogP contribution < -0.4 is 0 Å². The highest BCUT2D eigenvalue weighted by atomic mass is 35.5. The Morgan fingerprint density at radius 2 is 2.08 bits per heavy atom. The molecule has 0 fully saturated rings. The van der Waals surface area contributed by atoms with Crippen LogP contribution in [0.5, 0.6) is 5.75 Å². The fourth-order valence-corrected chi connectivity index (χ4v) is 1.27. The van der Waals surface area contributed by atoms with E-state index in [1.54, 1.807) is 19.9 Å². The van der Waals surface area contributed by atoms with Gasteiger partial charge in [-0.2, -0.15) is 0 Å². The molecule has 0 spiro atoms. The molecule has 0 aliphatic rings. The fraction of sp³-hybridized carbons (Fsp3) is 0.222. The minimum atomic E-state index is 0.0553. The summed E-state index contributed by atoms with van der Waals surface area (Å²) in [6.45, 7) is 3.40. The summed E-state index contributed by atoms with van der Waals surface area (Å²) in [6, 6.07) is 1.61. The number of rotatable bonds is 1. The first kappa shape index (κ1) is 9.07. The average Bonchev–Trinajstić information content (AvgIpc) is 2.08. The molecule has 0 aromatic heterocycles. The monoisotopic (exact) mass is 184 g/mol. The molecule has 0 bridgehead atoms. The van der Waals surface area contributed by atoms with Crippen molar-refractivity contribution >= 4 is 17.9 Å². The lowest BCUT2D eigenvalue weighted by Gasteiger charge is -2.06. The smallest absolute Gasteiger partial charge is 0.150 e. The van der Waals surface area contributed by atoms with Crippen LogP contribution in [0.15, 0.2) is 6.07 Å². The molecule has 64 valence electrons. The van der Waals surface area contributed by atoms with Gasteiger partial charge < -0.3 is 5.11 Å². The van der Waals surface area contributed by atoms with E-state index in [4.69, 9.17) is 11.6 Å². The minimum absolute atomic E-state index is 0.0553. The van der Waals surface area contributed by atoms with Crippen molar-refractivity contribution in [2.45, 2.75) is 13.8 Å². The molecule has 0 aliphatic carbocycles. The van der Waals surface area contributed by atoms with Gasteiger partial charge >= 0.3 is 0 Å². The summed E-state index contributed by atoms with van der Waals surface area (Å²) < 4.78 is 0. The van der Waals surface area contributed by atoms with E-state index < -0.39 is 0 Å². The molecule has 0 aliphatic heterocycles. The first-order valence-electron chi connectivity index (χ1n) is 3.51. The number of hydrogen-bond acceptors (Lipinski definition) is 2. The van der Waals surface area contributed by atoms with E-state index in [-0.39, 0.29) is 10.8 Å². The van der Waals surface area contributed by atoms with Crippen LogP contribution in [0.4, 0.5) is 0 Å². The number of aromatic hydroxyl groups is 1. The Morgan fingerprint density at radius 3 is 2.58 bits per heavy atom. The summed E-state index contributed by atoms with van der Waals surface area (Å²) >= 11 is 5.76. The highest BCUT2D eigenvalue weighted by molar-refractivity contribution is 6.33. The molecule has 0 radical (unpaired) electrons. The molecule has 0 unspecified atom stereocenters. The standard InChI is InChI=1S/C9H9ClO2/c1-5-3-7(4-11)6(2)8(10)9(5)12/h3-4,12H,1-2H3. The molecule has 1 aromatic carbocycles. The van der Waals surface area contributed by atoms with Crippen LogP contribution >= 0.6 is 11.6 Å². The first-order valence-corrected chi connectivity index (χ1v) is 3.89. The van der Waals surface area contributed by atoms with E-state index in [1.807, 2.05) is 0 Å². The molecule has 0 atom stereocenters. The molecule has 1 N–H and O–H groups in total. The number of hydrogen-bond donors (Lipinski definition) is 1. The molecular weight excluding hydrogens is 176 g/mol. The summed E-state index contributed by atoms with van der Waals surface area (Å²) in [5, 5.41) is 9.62. The Labute approximate surface area is 75.8 Å². The third-order valence-electron chi connectivity index (χ3n) is 1.84. The zero-order valence-electron chi connectivity index (χ0n) is 6.89. The van der Waals surface area contributed by atoms with Crippen molar-refractivity contribution in [1.29, 1.82) is 0 Å². The van der Waals surface area contributed by atoms with Gasteiger partial charge in [0.1, 0.15) is 12.0 Å². The van der Waals surface area contributed by atoms with Crippen molar-refractivity contribution in [3.63, 3.8) is 0 Å². The van der Waals surface area contributed by atoms with E-state index in [2.05, 4.69) is 0 Å². The van der Waals surface area contributed by atoms with Gasteiger partial charge in [0.15, 0.2) is 0 Å². The van der Waals surface area contributed by atoms with Crippen LogP contribution in [-0.2, 0) is 0 Å². The predicted octanol–water partition coefficient (Wildman–Crippen LogP) is 2.47. The van der Waals surface area contributed by atoms with Crippen LogP contribution in [0.3, 0.4) is 0 Å². The van der Waals surface area contributed by atoms with Gasteiger partial charge in [-0.1, -0.05) is 11.6 Å². The summed E-state index contributed by atoms with van der Waals surface area (Å²) in [6.07, 6.45) is 0.730. The Kier molecular flexibility index (Phi) is 2.38. The predicted molar refractivity (Wildman–Crippen MR) is 48.0 cm³/mol. The van der Waals surface area contributed by atoms with Crippen LogP contribution in [0.25, 0.3) is 0 Å². The lowest BCUT2D eigenvalue weighted by molar-refractivity contribution is 0.112. The van der Waals surface area contributed by atoms with Crippen molar-refractivity contribution < 1.29 is 9.90 Å². The largest absolute Gasteiger partial charge is 0.506 e. The number of benzene rings is 1. The van der Waals surface area contributed by atoms with Crippen molar-refractivity contribution in [3.8, 4) is 5.75 Å². The maximum absolute atomic E-state index is 10.5. The summed E-state index contributed by atoms with van der Waals surface area (Å²) in [7, 11) is 0. The van der Waals surface area contributed by atoms with Gasteiger partial charge in [0.2, 0.25) is 0 Å². The third-order valence-corrected chi connectivity index (χ3v) is 2.31. The van der Waals surface area contributed by atoms with E-state index in [0.717, 1.165) is 6.29 Å². The zero-order chi connectivity index (χ0) is 9.30. The number of halogens is 1. The van der Waals surface area contributed by atoms with Gasteiger partial charge in [0.25, 0.3) is 0 Å². The maximum atomic E-state index is 10.5. The Morgan fingerprint density at radius 1 is 1.50 bits per heavy atom. The van der Waals surface area contributed by atoms with Crippen LogP contribution in [0, 0.1) is 13.8 Å². The van der Waals surface area contributed by atoms with Crippen molar-refractivity contribution in [2.75, 3.05) is 0 Å². The van der Waals surface area contributed by atoms with E-state index in [9.17, 15) is 9.90 Å². The molecule has 1 rings (SSSR count). The Hall–Kier alpha value is -1.02. The highest BCUT2D eigenvalue weighted by Gasteiger charge is 2.09. The fourth-order valence-electron chi connectivity index (χ4n) is 1.01. The number of aryl methyl sites for hydroxylation is 1. The van der Waals surface area contributed by atoms with E-state index >= 15 is 0 Å². The normalized spacial score (nSPS) is 9.92. The highest BCUT2D eigenvalue weighted by Crippen LogP contribution is 2.31. The number of phenols is 1. The molecule has 0 amide bonds. The third kappa shape index (κ3) is 1.30. The molecule has 2 nitrogen and oxygen atoms in total. The lowest BCUT2D eigenvalue weighted by atomic mass is 10.1. The van der Waals surface area contributed by atoms with Crippen molar-refractivity contribution in [3.05, 3.63) is 27.8 Å². The number of phenolic OH excluding ortho intramolecular Hbond substituents is 1. The van der Waals surface area contributed by atoms with Gasteiger partial charge in [0.05, 0.1) is 5.02 Å². The summed E-state index contributed by atoms with van der Waals surface area (Å²) in [4.78, 5) is 10.5. The van der Waals surface area contributed by atoms with E-state index in [0.29, 0.717) is 16.7 Å². The van der Waals surface area contributed by atoms with Crippen LogP contribution in [-0.4, -0.2) is 11.4 Å². The van der Waals surface area contributed by atoms with Gasteiger partial charge in [-0.15, -0.1) is 0 Å². The first-order chi connectivity index (χ1) is 5.57. The maximum Gasteiger partial charge on any atom is 0.150 e. The zero-order valence-corrected chi connectivity index (χ0v) is 7.64. The van der Waals surface area contributed by atoms with Gasteiger partial charge in [-0.25, -0.2) is 0 Å². The Bertz CT molecular complexity index is 332. The van der Waals surface area contributed by atoms with Crippen LogP contribution in [0.2, 0.25) is 5.02 Å². The molecule has 0 saturated heterocycles. The molecule has 0 heterocycles. The van der Waals surface area contributed by atoms with Gasteiger partial charge in [-0.3, -0.25) is 4.79 Å². The molecule has 3 heteroatoms. The van der Waals surface area contributed by atoms with E-state index in [1.165, 1.54) is 0 Å². The number of carbonyl (C=O) groups is 1. The number of aldehydes is 1. The van der Waals surface area contributed by atoms with Gasteiger partial charge in [0, 0.05) is 5.56 Å². The molecule has 0 saturated carbocycles. The molecular formula is C9H9ClO2. The lowest BCUT2D eigenvalue weighted by Crippen LogP contribution is -1.90. The second-order valence-corrected chi connectivity index (χ2v) is 3.07. The SMILES string of the molecule is Cc1cc(C=O)c(C)c(Cl)c1O. The average molecular weight is 185 g/mol. The quantitative estimate of drug-likeness (QED) is 0.681. The second kappa shape index (κ2) is 3.15. The Balaban J connectivity index is 3.49. The van der Waals surface area contributed by atoms with Gasteiger partial charge in [-0.05, 0) is 31.0 Å². The van der Waals surface area contributed by atoms with Crippen molar-refractivity contribution in [1.82, 2.24) is 0 Å². The minimum Gasteiger partial charge on any atom is -0.506 e. The second-order valence-electron chi connectivity index (χ2n) is 2.69. The number of carbonyl (C=O) groups excluding carboxylic acids is 1. The summed E-state index contributed by atoms with van der Waals surface area (Å²) in [5.74, 6) is 0.0553.